The average Bonchev–Trinajstić information content (AvgIpc) is 2.38. The molecule has 0 saturated heterocycles. The van der Waals surface area contributed by atoms with E-state index in [2.05, 4.69) is 10.3 Å². The van der Waals surface area contributed by atoms with E-state index < -0.39 is 5.97 Å². The van der Waals surface area contributed by atoms with E-state index in [1.807, 2.05) is 13.8 Å². The minimum absolute atomic E-state index is 0.0246. The Morgan fingerprint density at radius 2 is 1.89 bits per heavy atom. The molecule has 1 aromatic rings. The molecule has 0 aliphatic rings. The summed E-state index contributed by atoms with van der Waals surface area (Å²) in [5.41, 5.74) is 0.502. The molecule has 0 aromatic carbocycles. The van der Waals surface area contributed by atoms with E-state index >= 15 is 0 Å². The van der Waals surface area contributed by atoms with Crippen molar-refractivity contribution in [2.45, 2.75) is 39.5 Å². The number of hydrogen-bond acceptors (Lipinski definition) is 3. The number of carbonyl (C=O) groups is 2. The summed E-state index contributed by atoms with van der Waals surface area (Å²) in [6, 6.07) is 1.42. The normalized spacial score (nSPS) is 10.5. The second-order valence-electron chi connectivity index (χ2n) is 4.53. The number of nitrogens with one attached hydrogen (secondary N) is 1. The maximum Gasteiger partial charge on any atom is 0.337 e. The molecule has 1 rings (SSSR count). The van der Waals surface area contributed by atoms with Crippen molar-refractivity contribution in [3.05, 3.63) is 24.0 Å². The Bertz CT molecular complexity index is 440. The molecule has 0 spiro atoms. The molecule has 0 fully saturated rings. The van der Waals surface area contributed by atoms with Crippen LogP contribution in [0, 0.1) is 5.92 Å². The minimum atomic E-state index is -1.05. The Labute approximate surface area is 113 Å². The lowest BCUT2D eigenvalue weighted by Crippen LogP contribution is -2.23. The Hall–Kier alpha value is -1.91. The van der Waals surface area contributed by atoms with Gasteiger partial charge in [0.25, 0.3) is 0 Å². The van der Waals surface area contributed by atoms with Gasteiger partial charge < -0.3 is 10.4 Å². The number of carbonyl (C=O) groups excluding carboxylic acids is 1. The second-order valence-corrected chi connectivity index (χ2v) is 4.53. The third-order valence-corrected chi connectivity index (χ3v) is 2.90. The van der Waals surface area contributed by atoms with Crippen LogP contribution in [0.1, 0.15) is 49.9 Å². The van der Waals surface area contributed by atoms with Crippen molar-refractivity contribution in [1.82, 2.24) is 4.98 Å². The van der Waals surface area contributed by atoms with E-state index in [0.29, 0.717) is 5.69 Å². The van der Waals surface area contributed by atoms with Crippen LogP contribution in [0.2, 0.25) is 0 Å². The number of carboxylic acids is 1. The molecule has 0 unspecified atom stereocenters. The first-order valence-corrected chi connectivity index (χ1v) is 6.57. The van der Waals surface area contributed by atoms with Crippen LogP contribution in [0.3, 0.4) is 0 Å². The number of amides is 1. The second kappa shape index (κ2) is 7.51. The zero-order chi connectivity index (χ0) is 14.3. The summed E-state index contributed by atoms with van der Waals surface area (Å²) in [5, 5.41) is 11.6. The summed E-state index contributed by atoms with van der Waals surface area (Å²) in [5.74, 6) is -1.14. The average molecular weight is 264 g/mol. The fourth-order valence-corrected chi connectivity index (χ4v) is 1.97. The molecule has 0 atom stereocenters. The van der Waals surface area contributed by atoms with Gasteiger partial charge in [-0.1, -0.05) is 26.7 Å². The molecule has 2 N–H and O–H groups in total. The van der Waals surface area contributed by atoms with Crippen LogP contribution in [0.4, 0.5) is 5.69 Å². The Kier molecular flexibility index (Phi) is 5.99. The fraction of sp³-hybridized carbons (Fsp3) is 0.500. The van der Waals surface area contributed by atoms with Crippen LogP contribution in [-0.2, 0) is 4.79 Å². The topological polar surface area (TPSA) is 79.3 Å². The molecule has 0 aliphatic heterocycles. The SMILES string of the molecule is CCCC(CCC)C(=O)Nc1cncc(C(=O)O)c1. The summed E-state index contributed by atoms with van der Waals surface area (Å²) in [4.78, 5) is 26.7. The van der Waals surface area contributed by atoms with Gasteiger partial charge in [-0.05, 0) is 18.9 Å². The number of anilines is 1. The van der Waals surface area contributed by atoms with E-state index in [1.54, 1.807) is 0 Å². The molecule has 1 amide bonds. The highest BCUT2D eigenvalue weighted by Gasteiger charge is 2.17. The van der Waals surface area contributed by atoms with Gasteiger partial charge in [-0.3, -0.25) is 9.78 Å². The van der Waals surface area contributed by atoms with E-state index in [9.17, 15) is 9.59 Å². The van der Waals surface area contributed by atoms with Gasteiger partial charge in [0, 0.05) is 12.1 Å². The standard InChI is InChI=1S/C14H20N2O3/c1-3-5-10(6-4-2)13(17)16-12-7-11(14(18)19)8-15-9-12/h7-10H,3-6H2,1-2H3,(H,16,17)(H,18,19). The van der Waals surface area contributed by atoms with Crippen LogP contribution in [0.25, 0.3) is 0 Å². The monoisotopic (exact) mass is 264 g/mol. The van der Waals surface area contributed by atoms with E-state index in [0.717, 1.165) is 25.7 Å². The highest BCUT2D eigenvalue weighted by atomic mass is 16.4. The number of aromatic carboxylic acids is 1. The zero-order valence-electron chi connectivity index (χ0n) is 11.3. The van der Waals surface area contributed by atoms with Crippen molar-refractivity contribution >= 4 is 17.6 Å². The highest BCUT2D eigenvalue weighted by molar-refractivity contribution is 5.94. The molecule has 1 aromatic heterocycles. The number of hydrogen-bond donors (Lipinski definition) is 2. The van der Waals surface area contributed by atoms with Crippen molar-refractivity contribution < 1.29 is 14.7 Å². The van der Waals surface area contributed by atoms with Crippen molar-refractivity contribution in [2.24, 2.45) is 5.92 Å². The third-order valence-electron chi connectivity index (χ3n) is 2.90. The van der Waals surface area contributed by atoms with Crippen LogP contribution in [-0.4, -0.2) is 22.0 Å². The molecule has 5 nitrogen and oxygen atoms in total. The first kappa shape index (κ1) is 15.1. The maximum atomic E-state index is 12.1. The molecule has 0 saturated carbocycles. The molecular weight excluding hydrogens is 244 g/mol. The quantitative estimate of drug-likeness (QED) is 0.793. The molecule has 0 bridgehead atoms. The largest absolute Gasteiger partial charge is 0.478 e. The first-order chi connectivity index (χ1) is 9.08. The maximum absolute atomic E-state index is 12.1. The minimum Gasteiger partial charge on any atom is -0.478 e. The summed E-state index contributed by atoms with van der Waals surface area (Å²) in [7, 11) is 0. The zero-order valence-corrected chi connectivity index (χ0v) is 11.3. The van der Waals surface area contributed by atoms with Gasteiger partial charge in [-0.15, -0.1) is 0 Å². The number of pyridine rings is 1. The first-order valence-electron chi connectivity index (χ1n) is 6.57. The lowest BCUT2D eigenvalue weighted by Gasteiger charge is -2.15. The predicted octanol–water partition coefficient (Wildman–Crippen LogP) is 2.93. The summed E-state index contributed by atoms with van der Waals surface area (Å²) >= 11 is 0. The van der Waals surface area contributed by atoms with Crippen molar-refractivity contribution in [3.63, 3.8) is 0 Å². The predicted molar refractivity (Wildman–Crippen MR) is 73.1 cm³/mol. The van der Waals surface area contributed by atoms with Gasteiger partial charge >= 0.3 is 5.97 Å². The molecule has 1 heterocycles. The Morgan fingerprint density at radius 1 is 1.26 bits per heavy atom. The number of rotatable bonds is 7. The van der Waals surface area contributed by atoms with E-state index in [4.69, 9.17) is 5.11 Å². The van der Waals surface area contributed by atoms with Gasteiger partial charge in [0.15, 0.2) is 0 Å². The van der Waals surface area contributed by atoms with Gasteiger partial charge in [0.2, 0.25) is 5.91 Å². The number of carboxylic acid groups (broad SMARTS) is 1. The Balaban J connectivity index is 2.74. The van der Waals surface area contributed by atoms with Gasteiger partial charge in [0.05, 0.1) is 17.4 Å². The molecule has 0 aliphatic carbocycles. The third kappa shape index (κ3) is 4.69. The van der Waals surface area contributed by atoms with Gasteiger partial charge in [-0.2, -0.15) is 0 Å². The molecule has 19 heavy (non-hydrogen) atoms. The summed E-state index contributed by atoms with van der Waals surface area (Å²) < 4.78 is 0. The van der Waals surface area contributed by atoms with Crippen molar-refractivity contribution in [3.8, 4) is 0 Å². The summed E-state index contributed by atoms with van der Waals surface area (Å²) in [6.07, 6.45) is 6.29. The molecular formula is C14H20N2O3. The Morgan fingerprint density at radius 3 is 2.42 bits per heavy atom. The van der Waals surface area contributed by atoms with E-state index in [1.165, 1.54) is 18.5 Å². The highest BCUT2D eigenvalue weighted by Crippen LogP contribution is 2.17. The van der Waals surface area contributed by atoms with Crippen molar-refractivity contribution in [1.29, 1.82) is 0 Å². The molecule has 0 radical (unpaired) electrons. The fourth-order valence-electron chi connectivity index (χ4n) is 1.97. The molecule has 5 heteroatoms. The summed E-state index contributed by atoms with van der Waals surface area (Å²) in [6.45, 7) is 4.09. The van der Waals surface area contributed by atoms with Gasteiger partial charge in [-0.25, -0.2) is 4.79 Å². The lowest BCUT2D eigenvalue weighted by molar-refractivity contribution is -0.120. The van der Waals surface area contributed by atoms with Crippen LogP contribution < -0.4 is 5.32 Å². The van der Waals surface area contributed by atoms with Crippen LogP contribution in [0.5, 0.6) is 0 Å². The lowest BCUT2D eigenvalue weighted by atomic mass is 9.97. The number of aromatic nitrogens is 1. The van der Waals surface area contributed by atoms with E-state index in [-0.39, 0.29) is 17.4 Å². The smallest absolute Gasteiger partial charge is 0.337 e. The van der Waals surface area contributed by atoms with Crippen molar-refractivity contribution in [2.75, 3.05) is 5.32 Å². The van der Waals surface area contributed by atoms with Gasteiger partial charge in [0.1, 0.15) is 0 Å². The number of nitrogens with zero attached hydrogens (tertiary/aromatic N) is 1. The molecule has 104 valence electrons. The van der Waals surface area contributed by atoms with Crippen LogP contribution in [0.15, 0.2) is 18.5 Å². The van der Waals surface area contributed by atoms with Crippen LogP contribution >= 0.6 is 0 Å².